The van der Waals surface area contributed by atoms with Crippen LogP contribution in [0.5, 0.6) is 0 Å². The van der Waals surface area contributed by atoms with E-state index in [2.05, 4.69) is 25.9 Å². The molecule has 78 valence electrons. The first-order valence-electron chi connectivity index (χ1n) is 4.36. The molecule has 0 unspecified atom stereocenters. The molecule has 2 heterocycles. The number of carboxylic acids is 1. The third-order valence-electron chi connectivity index (χ3n) is 1.98. The Balaban J connectivity index is 2.31. The number of fused-ring (bicyclic) bond motifs is 1. The molecule has 2 rings (SSSR count). The van der Waals surface area contributed by atoms with Crippen LogP contribution in [0, 0.1) is 0 Å². The lowest BCUT2D eigenvalue weighted by molar-refractivity contribution is -0.136. The van der Waals surface area contributed by atoms with Crippen molar-refractivity contribution in [3.63, 3.8) is 0 Å². The number of carboxylic acid groups (broad SMARTS) is 1. The number of aromatic nitrogens is 3. The quantitative estimate of drug-likeness (QED) is 0.917. The Labute approximate surface area is 93.9 Å². The van der Waals surface area contributed by atoms with Gasteiger partial charge in [-0.25, -0.2) is 9.97 Å². The van der Waals surface area contributed by atoms with Crippen LogP contribution in [0.1, 0.15) is 12.1 Å². The molecule has 6 heteroatoms. The lowest BCUT2D eigenvalue weighted by atomic mass is 10.2. The van der Waals surface area contributed by atoms with E-state index in [1.54, 1.807) is 12.4 Å². The van der Waals surface area contributed by atoms with Crippen molar-refractivity contribution < 1.29 is 9.90 Å². The van der Waals surface area contributed by atoms with E-state index in [9.17, 15) is 4.79 Å². The van der Waals surface area contributed by atoms with Crippen molar-refractivity contribution in [1.82, 2.24) is 14.4 Å². The van der Waals surface area contributed by atoms with Crippen LogP contribution < -0.4 is 0 Å². The van der Waals surface area contributed by atoms with E-state index in [1.807, 2.05) is 10.6 Å². The summed E-state index contributed by atoms with van der Waals surface area (Å²) in [5.41, 5.74) is 1.46. The maximum absolute atomic E-state index is 10.4. The first-order valence-corrected chi connectivity index (χ1v) is 5.16. The summed E-state index contributed by atoms with van der Waals surface area (Å²) >= 11 is 3.28. The first kappa shape index (κ1) is 10.1. The standard InChI is InChI=1S/C9H8BrN3O2/c10-8-9-12-6(1-2-7(14)15)5-13(9)4-3-11-8/h3-5H,1-2H2,(H,14,15). The molecule has 0 radical (unpaired) electrons. The Morgan fingerprint density at radius 3 is 3.07 bits per heavy atom. The minimum absolute atomic E-state index is 0.0922. The molecule has 0 aromatic carbocycles. The van der Waals surface area contributed by atoms with Crippen molar-refractivity contribution in [3.8, 4) is 0 Å². The third-order valence-corrected chi connectivity index (χ3v) is 2.54. The summed E-state index contributed by atoms with van der Waals surface area (Å²) in [7, 11) is 0. The third kappa shape index (κ3) is 2.15. The molecule has 2 aromatic rings. The number of aryl methyl sites for hydroxylation is 1. The highest BCUT2D eigenvalue weighted by molar-refractivity contribution is 9.10. The van der Waals surface area contributed by atoms with Crippen molar-refractivity contribution in [3.05, 3.63) is 28.9 Å². The molecule has 0 aliphatic heterocycles. The Hall–Kier alpha value is -1.43. The maximum Gasteiger partial charge on any atom is 0.303 e. The summed E-state index contributed by atoms with van der Waals surface area (Å²) in [6, 6.07) is 0. The molecule has 2 aromatic heterocycles. The average molecular weight is 270 g/mol. The normalized spacial score (nSPS) is 10.7. The van der Waals surface area contributed by atoms with Gasteiger partial charge in [0.05, 0.1) is 12.1 Å². The number of carbonyl (C=O) groups is 1. The molecule has 5 nitrogen and oxygen atoms in total. The van der Waals surface area contributed by atoms with Gasteiger partial charge in [-0.15, -0.1) is 0 Å². The van der Waals surface area contributed by atoms with Gasteiger partial charge in [-0.1, -0.05) is 0 Å². The molecule has 0 atom stereocenters. The Morgan fingerprint density at radius 1 is 1.60 bits per heavy atom. The summed E-state index contributed by atoms with van der Waals surface area (Å²) in [4.78, 5) is 18.7. The van der Waals surface area contributed by atoms with Crippen molar-refractivity contribution in [1.29, 1.82) is 0 Å². The summed E-state index contributed by atoms with van der Waals surface area (Å²) in [6.07, 6.45) is 5.76. The van der Waals surface area contributed by atoms with Crippen molar-refractivity contribution in [2.75, 3.05) is 0 Å². The van der Waals surface area contributed by atoms with Crippen LogP contribution in [0.3, 0.4) is 0 Å². The van der Waals surface area contributed by atoms with Crippen molar-refractivity contribution >= 4 is 27.5 Å². The second kappa shape index (κ2) is 3.98. The largest absolute Gasteiger partial charge is 0.481 e. The SMILES string of the molecule is O=C(O)CCc1cn2ccnc(Br)c2n1. The van der Waals surface area contributed by atoms with E-state index in [1.165, 1.54) is 0 Å². The molecule has 0 amide bonds. The Kier molecular flexibility index (Phi) is 2.68. The Morgan fingerprint density at radius 2 is 2.40 bits per heavy atom. The zero-order chi connectivity index (χ0) is 10.8. The van der Waals surface area contributed by atoms with Gasteiger partial charge < -0.3 is 9.51 Å². The molecule has 0 fully saturated rings. The van der Waals surface area contributed by atoms with Gasteiger partial charge in [-0.2, -0.15) is 0 Å². The highest BCUT2D eigenvalue weighted by Crippen LogP contribution is 2.14. The number of hydrogen-bond donors (Lipinski definition) is 1. The number of rotatable bonds is 3. The Bertz CT molecular complexity index is 509. The highest BCUT2D eigenvalue weighted by Gasteiger charge is 2.06. The smallest absolute Gasteiger partial charge is 0.303 e. The zero-order valence-corrected chi connectivity index (χ0v) is 9.31. The minimum Gasteiger partial charge on any atom is -0.481 e. The minimum atomic E-state index is -0.816. The van der Waals surface area contributed by atoms with E-state index >= 15 is 0 Å². The molecular weight excluding hydrogens is 262 g/mol. The number of hydrogen-bond acceptors (Lipinski definition) is 3. The van der Waals surface area contributed by atoms with Crippen LogP contribution in [0.25, 0.3) is 5.65 Å². The van der Waals surface area contributed by atoms with Gasteiger partial charge in [0.2, 0.25) is 0 Å². The molecule has 0 bridgehead atoms. The van der Waals surface area contributed by atoms with Crippen LogP contribution in [0.4, 0.5) is 0 Å². The average Bonchev–Trinajstić information content (AvgIpc) is 2.59. The molecule has 1 N–H and O–H groups in total. The van der Waals surface area contributed by atoms with Gasteiger partial charge >= 0.3 is 5.97 Å². The number of halogens is 1. The summed E-state index contributed by atoms with van der Waals surface area (Å²) in [5.74, 6) is -0.816. The molecule has 0 aliphatic rings. The summed E-state index contributed by atoms with van der Waals surface area (Å²) in [6.45, 7) is 0. The topological polar surface area (TPSA) is 67.5 Å². The lowest BCUT2D eigenvalue weighted by Crippen LogP contribution is -1.97. The van der Waals surface area contributed by atoms with Gasteiger partial charge in [-0.05, 0) is 15.9 Å². The van der Waals surface area contributed by atoms with Crippen molar-refractivity contribution in [2.45, 2.75) is 12.8 Å². The van der Waals surface area contributed by atoms with Gasteiger partial charge in [0.25, 0.3) is 0 Å². The van der Waals surface area contributed by atoms with Gasteiger partial charge in [0.1, 0.15) is 4.60 Å². The van der Waals surface area contributed by atoms with E-state index < -0.39 is 5.97 Å². The van der Waals surface area contributed by atoms with E-state index in [4.69, 9.17) is 5.11 Å². The van der Waals surface area contributed by atoms with Crippen LogP contribution >= 0.6 is 15.9 Å². The monoisotopic (exact) mass is 269 g/mol. The molecule has 0 aliphatic carbocycles. The maximum atomic E-state index is 10.4. The van der Waals surface area contributed by atoms with Crippen molar-refractivity contribution in [2.24, 2.45) is 0 Å². The summed E-state index contributed by atoms with van der Waals surface area (Å²) in [5, 5.41) is 8.55. The lowest BCUT2D eigenvalue weighted by Gasteiger charge is -1.91. The predicted molar refractivity (Wildman–Crippen MR) is 56.6 cm³/mol. The second-order valence-corrected chi connectivity index (χ2v) is 3.83. The molecule has 0 saturated heterocycles. The van der Waals surface area contributed by atoms with Gasteiger partial charge in [0, 0.05) is 25.0 Å². The molecule has 0 saturated carbocycles. The first-order chi connectivity index (χ1) is 7.16. The van der Waals surface area contributed by atoms with E-state index in [0.717, 1.165) is 5.69 Å². The number of aliphatic carboxylic acids is 1. The predicted octanol–water partition coefficient (Wildman–Crippen LogP) is 1.51. The van der Waals surface area contributed by atoms with Crippen LogP contribution in [0.15, 0.2) is 23.2 Å². The summed E-state index contributed by atoms with van der Waals surface area (Å²) < 4.78 is 2.47. The molecule has 15 heavy (non-hydrogen) atoms. The highest BCUT2D eigenvalue weighted by atomic mass is 79.9. The zero-order valence-electron chi connectivity index (χ0n) is 7.72. The fourth-order valence-corrected chi connectivity index (χ4v) is 1.71. The fourth-order valence-electron chi connectivity index (χ4n) is 1.29. The molecular formula is C9H8BrN3O2. The fraction of sp³-hybridized carbons (Fsp3) is 0.222. The number of nitrogens with zero attached hydrogens (tertiary/aromatic N) is 3. The van der Waals surface area contributed by atoms with E-state index in [-0.39, 0.29) is 6.42 Å². The van der Waals surface area contributed by atoms with Crippen LogP contribution in [-0.4, -0.2) is 25.4 Å². The number of imidazole rings is 1. The molecule has 0 spiro atoms. The van der Waals surface area contributed by atoms with Crippen LogP contribution in [-0.2, 0) is 11.2 Å². The van der Waals surface area contributed by atoms with Crippen LogP contribution in [0.2, 0.25) is 0 Å². The van der Waals surface area contributed by atoms with E-state index in [0.29, 0.717) is 16.7 Å². The second-order valence-electron chi connectivity index (χ2n) is 3.07. The van der Waals surface area contributed by atoms with Gasteiger partial charge in [-0.3, -0.25) is 4.79 Å². The van der Waals surface area contributed by atoms with Gasteiger partial charge in [0.15, 0.2) is 5.65 Å².